The normalized spacial score (nSPS) is 29.1. The van der Waals surface area contributed by atoms with Gasteiger partial charge in [0.1, 0.15) is 5.60 Å². The quantitative estimate of drug-likeness (QED) is 0.785. The number of ether oxygens (including phenoxy) is 1. The third-order valence-corrected chi connectivity index (χ3v) is 3.68. The summed E-state index contributed by atoms with van der Waals surface area (Å²) in [6.07, 6.45) is 1.68. The molecule has 1 unspecified atom stereocenters. The van der Waals surface area contributed by atoms with Gasteiger partial charge in [0.15, 0.2) is 0 Å². The largest absolute Gasteiger partial charge is 0.382 e. The Kier molecular flexibility index (Phi) is 2.60. The molecule has 1 fully saturated rings. The van der Waals surface area contributed by atoms with Crippen molar-refractivity contribution in [1.82, 2.24) is 0 Å². The SMILES string of the molecule is OC1(c2ccc(Cl)s2)CCCOC1. The predicted molar refractivity (Wildman–Crippen MR) is 53.3 cm³/mol. The second kappa shape index (κ2) is 3.58. The van der Waals surface area contributed by atoms with Crippen molar-refractivity contribution in [3.8, 4) is 0 Å². The highest BCUT2D eigenvalue weighted by molar-refractivity contribution is 7.16. The predicted octanol–water partition coefficient (Wildman–Crippen LogP) is 2.40. The molecule has 0 aliphatic carbocycles. The number of rotatable bonds is 1. The van der Waals surface area contributed by atoms with Gasteiger partial charge >= 0.3 is 0 Å². The minimum absolute atomic E-state index is 0.393. The lowest BCUT2D eigenvalue weighted by molar-refractivity contribution is -0.0880. The molecule has 0 radical (unpaired) electrons. The molecule has 0 saturated carbocycles. The van der Waals surface area contributed by atoms with Crippen molar-refractivity contribution in [3.63, 3.8) is 0 Å². The lowest BCUT2D eigenvalue weighted by atomic mass is 9.95. The van der Waals surface area contributed by atoms with E-state index < -0.39 is 5.60 Å². The highest BCUT2D eigenvalue weighted by Crippen LogP contribution is 2.36. The molecule has 1 aromatic heterocycles. The summed E-state index contributed by atoms with van der Waals surface area (Å²) in [6.45, 7) is 1.14. The molecule has 13 heavy (non-hydrogen) atoms. The van der Waals surface area contributed by atoms with Crippen LogP contribution in [0.5, 0.6) is 0 Å². The van der Waals surface area contributed by atoms with E-state index in [4.69, 9.17) is 16.3 Å². The van der Waals surface area contributed by atoms with Crippen LogP contribution in [0.3, 0.4) is 0 Å². The topological polar surface area (TPSA) is 29.5 Å². The van der Waals surface area contributed by atoms with E-state index >= 15 is 0 Å². The lowest BCUT2D eigenvalue weighted by Gasteiger charge is -2.30. The van der Waals surface area contributed by atoms with Gasteiger partial charge in [-0.1, -0.05) is 11.6 Å². The summed E-state index contributed by atoms with van der Waals surface area (Å²) < 4.78 is 5.98. The van der Waals surface area contributed by atoms with Crippen molar-refractivity contribution in [2.24, 2.45) is 0 Å². The van der Waals surface area contributed by atoms with Crippen LogP contribution < -0.4 is 0 Å². The Bertz CT molecular complexity index is 292. The molecular formula is C9H11ClO2S. The molecule has 0 spiro atoms. The van der Waals surface area contributed by atoms with Gasteiger partial charge in [-0.2, -0.15) is 0 Å². The monoisotopic (exact) mass is 218 g/mol. The molecule has 1 saturated heterocycles. The lowest BCUT2D eigenvalue weighted by Crippen LogP contribution is -2.34. The van der Waals surface area contributed by atoms with Crippen molar-refractivity contribution in [2.45, 2.75) is 18.4 Å². The van der Waals surface area contributed by atoms with Gasteiger partial charge < -0.3 is 9.84 Å². The van der Waals surface area contributed by atoms with Crippen molar-refractivity contribution in [3.05, 3.63) is 21.3 Å². The van der Waals surface area contributed by atoms with E-state index in [1.807, 2.05) is 12.1 Å². The van der Waals surface area contributed by atoms with Gasteiger partial charge in [0.2, 0.25) is 0 Å². The fraction of sp³-hybridized carbons (Fsp3) is 0.556. The fourth-order valence-electron chi connectivity index (χ4n) is 1.54. The average molecular weight is 219 g/mol. The van der Waals surface area contributed by atoms with Crippen LogP contribution in [0.2, 0.25) is 4.34 Å². The van der Waals surface area contributed by atoms with Gasteiger partial charge in [0.05, 0.1) is 10.9 Å². The minimum atomic E-state index is -0.796. The highest BCUT2D eigenvalue weighted by Gasteiger charge is 2.33. The standard InChI is InChI=1S/C9H11ClO2S/c10-8-3-2-7(13-8)9(11)4-1-5-12-6-9/h2-3,11H,1,4-6H2. The molecule has 0 aromatic carbocycles. The molecule has 0 bridgehead atoms. The molecule has 72 valence electrons. The maximum absolute atomic E-state index is 10.2. The number of aliphatic hydroxyl groups is 1. The zero-order valence-corrected chi connectivity index (χ0v) is 8.70. The molecular weight excluding hydrogens is 208 g/mol. The first-order valence-corrected chi connectivity index (χ1v) is 5.46. The van der Waals surface area contributed by atoms with E-state index in [1.54, 1.807) is 0 Å². The summed E-state index contributed by atoms with van der Waals surface area (Å²) in [5.74, 6) is 0. The van der Waals surface area contributed by atoms with Gasteiger partial charge in [0, 0.05) is 11.5 Å². The first-order valence-electron chi connectivity index (χ1n) is 4.27. The van der Waals surface area contributed by atoms with E-state index in [-0.39, 0.29) is 0 Å². The Labute approximate surface area is 86.1 Å². The molecule has 1 atom stereocenters. The smallest absolute Gasteiger partial charge is 0.122 e. The van der Waals surface area contributed by atoms with Crippen molar-refractivity contribution < 1.29 is 9.84 Å². The second-order valence-corrected chi connectivity index (χ2v) is 5.01. The highest BCUT2D eigenvalue weighted by atomic mass is 35.5. The van der Waals surface area contributed by atoms with Crippen LogP contribution in [-0.4, -0.2) is 18.3 Å². The van der Waals surface area contributed by atoms with Gasteiger partial charge in [-0.25, -0.2) is 0 Å². The Morgan fingerprint density at radius 1 is 1.54 bits per heavy atom. The Hall–Kier alpha value is -0.0900. The second-order valence-electron chi connectivity index (χ2n) is 3.29. The summed E-state index contributed by atoms with van der Waals surface area (Å²) in [5, 5.41) is 10.2. The van der Waals surface area contributed by atoms with E-state index in [9.17, 15) is 5.11 Å². The van der Waals surface area contributed by atoms with Gasteiger partial charge in [-0.05, 0) is 25.0 Å². The number of halogens is 1. The van der Waals surface area contributed by atoms with E-state index in [1.165, 1.54) is 11.3 Å². The number of hydrogen-bond acceptors (Lipinski definition) is 3. The van der Waals surface area contributed by atoms with Gasteiger partial charge in [-0.15, -0.1) is 11.3 Å². The molecule has 2 rings (SSSR count). The molecule has 2 nitrogen and oxygen atoms in total. The van der Waals surface area contributed by atoms with E-state index in [0.717, 1.165) is 24.3 Å². The zero-order chi connectivity index (χ0) is 9.31. The molecule has 2 heterocycles. The zero-order valence-electron chi connectivity index (χ0n) is 7.12. The summed E-state index contributed by atoms with van der Waals surface area (Å²) in [7, 11) is 0. The van der Waals surface area contributed by atoms with Crippen LogP contribution in [0.15, 0.2) is 12.1 Å². The maximum atomic E-state index is 10.2. The van der Waals surface area contributed by atoms with Crippen molar-refractivity contribution >= 4 is 22.9 Å². The third kappa shape index (κ3) is 1.89. The van der Waals surface area contributed by atoms with E-state index in [2.05, 4.69) is 0 Å². The van der Waals surface area contributed by atoms with E-state index in [0.29, 0.717) is 10.9 Å². The van der Waals surface area contributed by atoms with Crippen LogP contribution in [-0.2, 0) is 10.3 Å². The maximum Gasteiger partial charge on any atom is 0.122 e. The summed E-state index contributed by atoms with van der Waals surface area (Å²) in [5.41, 5.74) is -0.796. The number of hydrogen-bond donors (Lipinski definition) is 1. The molecule has 1 aromatic rings. The third-order valence-electron chi connectivity index (χ3n) is 2.25. The van der Waals surface area contributed by atoms with Crippen LogP contribution in [0.1, 0.15) is 17.7 Å². The van der Waals surface area contributed by atoms with Gasteiger partial charge in [0.25, 0.3) is 0 Å². The average Bonchev–Trinajstić information content (AvgIpc) is 2.54. The first-order chi connectivity index (χ1) is 6.21. The molecule has 0 amide bonds. The Morgan fingerprint density at radius 3 is 2.92 bits per heavy atom. The minimum Gasteiger partial charge on any atom is -0.382 e. The van der Waals surface area contributed by atoms with Crippen LogP contribution >= 0.6 is 22.9 Å². The fourth-order valence-corrected chi connectivity index (χ4v) is 2.68. The van der Waals surface area contributed by atoms with Crippen molar-refractivity contribution in [2.75, 3.05) is 13.2 Å². The van der Waals surface area contributed by atoms with Crippen molar-refractivity contribution in [1.29, 1.82) is 0 Å². The number of thiophene rings is 1. The summed E-state index contributed by atoms with van der Waals surface area (Å²) >= 11 is 7.24. The van der Waals surface area contributed by atoms with Crippen LogP contribution in [0, 0.1) is 0 Å². The molecule has 4 heteroatoms. The van der Waals surface area contributed by atoms with Crippen LogP contribution in [0.4, 0.5) is 0 Å². The summed E-state index contributed by atoms with van der Waals surface area (Å²) in [6, 6.07) is 3.69. The molecule has 1 N–H and O–H groups in total. The Balaban J connectivity index is 2.22. The molecule has 1 aliphatic rings. The first kappa shape index (κ1) is 9.46. The molecule has 1 aliphatic heterocycles. The Morgan fingerprint density at radius 2 is 2.38 bits per heavy atom. The van der Waals surface area contributed by atoms with Gasteiger partial charge in [-0.3, -0.25) is 0 Å². The van der Waals surface area contributed by atoms with Crippen LogP contribution in [0.25, 0.3) is 0 Å². The summed E-state index contributed by atoms with van der Waals surface area (Å²) in [4.78, 5) is 0.914.